The van der Waals surface area contributed by atoms with Gasteiger partial charge in [-0.1, -0.05) is 25.7 Å². The summed E-state index contributed by atoms with van der Waals surface area (Å²) in [5.74, 6) is 0.482. The van der Waals surface area contributed by atoms with Crippen molar-refractivity contribution in [1.29, 1.82) is 0 Å². The Kier molecular flexibility index (Phi) is 4.93. The topological polar surface area (TPSA) is 67.5 Å². The number of amides is 2. The van der Waals surface area contributed by atoms with Gasteiger partial charge in [0.25, 0.3) is 5.91 Å². The summed E-state index contributed by atoms with van der Waals surface area (Å²) < 4.78 is 8.61. The van der Waals surface area contributed by atoms with Gasteiger partial charge in [0.05, 0.1) is 29.6 Å². The van der Waals surface area contributed by atoms with Crippen LogP contribution in [0.3, 0.4) is 0 Å². The Labute approximate surface area is 179 Å². The van der Waals surface area contributed by atoms with E-state index >= 15 is 0 Å². The molecule has 1 atom stereocenters. The highest BCUT2D eigenvalue weighted by Gasteiger charge is 2.48. The van der Waals surface area contributed by atoms with Gasteiger partial charge in [-0.05, 0) is 49.4 Å². The zero-order chi connectivity index (χ0) is 20.7. The molecule has 4 heterocycles. The van der Waals surface area contributed by atoms with Crippen LogP contribution >= 0.6 is 11.3 Å². The molecule has 1 aliphatic carbocycles. The molecule has 0 spiro atoms. The van der Waals surface area contributed by atoms with E-state index in [1.165, 1.54) is 12.8 Å². The molecule has 2 aliphatic rings. The normalized spacial score (nSPS) is 22.8. The van der Waals surface area contributed by atoms with Crippen molar-refractivity contribution < 1.29 is 14.0 Å². The van der Waals surface area contributed by atoms with Crippen molar-refractivity contribution in [3.05, 3.63) is 47.4 Å². The number of hydrogen-bond acceptors (Lipinski definition) is 4. The fourth-order valence-corrected chi connectivity index (χ4v) is 5.67. The molecule has 0 aromatic carbocycles. The first-order valence-electron chi connectivity index (χ1n) is 10.8. The number of rotatable bonds is 4. The van der Waals surface area contributed by atoms with Crippen molar-refractivity contribution in [2.45, 2.75) is 70.1 Å². The zero-order valence-electron chi connectivity index (χ0n) is 17.2. The van der Waals surface area contributed by atoms with E-state index in [-0.39, 0.29) is 24.4 Å². The third-order valence-corrected chi connectivity index (χ3v) is 7.48. The van der Waals surface area contributed by atoms with Crippen LogP contribution in [0.15, 0.2) is 40.3 Å². The molecule has 0 bridgehead atoms. The molecule has 1 saturated carbocycles. The smallest absolute Gasteiger partial charge is 0.271 e. The fraction of sp³-hybridized carbons (Fsp3) is 0.478. The van der Waals surface area contributed by atoms with E-state index in [2.05, 4.69) is 5.32 Å². The lowest BCUT2D eigenvalue weighted by atomic mass is 9.93. The van der Waals surface area contributed by atoms with Crippen molar-refractivity contribution in [2.24, 2.45) is 0 Å². The van der Waals surface area contributed by atoms with Crippen LogP contribution in [0, 0.1) is 0 Å². The Morgan fingerprint density at radius 1 is 1.27 bits per heavy atom. The molecule has 30 heavy (non-hydrogen) atoms. The van der Waals surface area contributed by atoms with E-state index in [0.29, 0.717) is 18.0 Å². The first-order chi connectivity index (χ1) is 14.6. The van der Waals surface area contributed by atoms with E-state index in [9.17, 15) is 9.59 Å². The predicted octanol–water partition coefficient (Wildman–Crippen LogP) is 4.55. The lowest BCUT2D eigenvalue weighted by Gasteiger charge is -2.44. The van der Waals surface area contributed by atoms with Crippen LogP contribution in [0.2, 0.25) is 0 Å². The molecule has 3 aromatic heterocycles. The van der Waals surface area contributed by atoms with E-state index in [1.807, 2.05) is 41.1 Å². The highest BCUT2D eigenvalue weighted by molar-refractivity contribution is 7.17. The molecule has 1 fully saturated rings. The largest absolute Gasteiger partial charge is 0.467 e. The van der Waals surface area contributed by atoms with E-state index in [4.69, 9.17) is 4.42 Å². The standard InChI is InChI=1S/C23H27N3O3S/c1-23(22(28)24-16-7-4-2-3-5-8-16)15-25-18-10-12-30-20(18)13-19(25)21(27)26(23)14-17-9-6-11-29-17/h6,9-13,16H,2-5,7-8,14-15H2,1H3,(H,24,28). The number of carbonyl (C=O) groups is 2. The average molecular weight is 426 g/mol. The minimum Gasteiger partial charge on any atom is -0.467 e. The lowest BCUT2D eigenvalue weighted by Crippen LogP contribution is -2.64. The van der Waals surface area contributed by atoms with E-state index < -0.39 is 5.54 Å². The van der Waals surface area contributed by atoms with Crippen LogP contribution in [0.5, 0.6) is 0 Å². The second-order valence-electron chi connectivity index (χ2n) is 8.69. The first-order valence-corrected chi connectivity index (χ1v) is 11.7. The van der Waals surface area contributed by atoms with Gasteiger partial charge in [0.15, 0.2) is 0 Å². The molecule has 0 saturated heterocycles. The van der Waals surface area contributed by atoms with Crippen LogP contribution in [-0.4, -0.2) is 32.9 Å². The van der Waals surface area contributed by atoms with Crippen molar-refractivity contribution in [3.63, 3.8) is 0 Å². The molecule has 158 valence electrons. The highest BCUT2D eigenvalue weighted by atomic mass is 32.1. The van der Waals surface area contributed by atoms with Gasteiger partial charge in [0.1, 0.15) is 17.0 Å². The molecule has 0 radical (unpaired) electrons. The highest BCUT2D eigenvalue weighted by Crippen LogP contribution is 2.35. The maximum Gasteiger partial charge on any atom is 0.271 e. The quantitative estimate of drug-likeness (QED) is 0.624. The molecule has 7 heteroatoms. The van der Waals surface area contributed by atoms with Crippen LogP contribution in [-0.2, 0) is 17.9 Å². The monoisotopic (exact) mass is 425 g/mol. The summed E-state index contributed by atoms with van der Waals surface area (Å²) in [6.07, 6.45) is 8.38. The van der Waals surface area contributed by atoms with Crippen molar-refractivity contribution >= 4 is 33.4 Å². The first kappa shape index (κ1) is 19.4. The van der Waals surface area contributed by atoms with Gasteiger partial charge < -0.3 is 19.2 Å². The maximum absolute atomic E-state index is 13.6. The molecule has 1 aliphatic heterocycles. The van der Waals surface area contributed by atoms with Crippen LogP contribution in [0.25, 0.3) is 10.2 Å². The van der Waals surface area contributed by atoms with Gasteiger partial charge in [0, 0.05) is 6.04 Å². The van der Waals surface area contributed by atoms with Gasteiger partial charge >= 0.3 is 0 Å². The molecule has 2 amide bonds. The minimum atomic E-state index is -0.989. The lowest BCUT2D eigenvalue weighted by molar-refractivity contribution is -0.134. The number of fused-ring (bicyclic) bond motifs is 3. The van der Waals surface area contributed by atoms with Gasteiger partial charge in [-0.15, -0.1) is 11.3 Å². The Bertz CT molecular complexity index is 1060. The summed E-state index contributed by atoms with van der Waals surface area (Å²) in [6, 6.07) is 7.82. The molecular formula is C23H27N3O3S. The predicted molar refractivity (Wildman–Crippen MR) is 116 cm³/mol. The maximum atomic E-state index is 13.6. The Balaban J connectivity index is 1.51. The Morgan fingerprint density at radius 3 is 2.80 bits per heavy atom. The second-order valence-corrected chi connectivity index (χ2v) is 9.64. The number of nitrogens with one attached hydrogen (secondary N) is 1. The number of carbonyl (C=O) groups excluding carboxylic acids is 2. The van der Waals surface area contributed by atoms with E-state index in [1.54, 1.807) is 22.5 Å². The molecule has 3 aromatic rings. The van der Waals surface area contributed by atoms with E-state index in [0.717, 1.165) is 35.9 Å². The zero-order valence-corrected chi connectivity index (χ0v) is 18.0. The SMILES string of the molecule is CC1(C(=O)NC2CCCCCC2)Cn2c(cc3sccc32)C(=O)N1Cc1ccco1. The van der Waals surface area contributed by atoms with Crippen LogP contribution in [0.1, 0.15) is 61.7 Å². The number of hydrogen-bond donors (Lipinski definition) is 1. The van der Waals surface area contributed by atoms with Gasteiger partial charge in [0.2, 0.25) is 5.91 Å². The van der Waals surface area contributed by atoms with Crippen LogP contribution < -0.4 is 5.32 Å². The van der Waals surface area contributed by atoms with Gasteiger partial charge in [-0.2, -0.15) is 0 Å². The number of thiophene rings is 1. The summed E-state index contributed by atoms with van der Waals surface area (Å²) in [5.41, 5.74) is 0.675. The number of furan rings is 1. The number of nitrogens with zero attached hydrogens (tertiary/aromatic N) is 2. The summed E-state index contributed by atoms with van der Waals surface area (Å²) in [6.45, 7) is 2.60. The Hall–Kier alpha value is -2.54. The van der Waals surface area contributed by atoms with Crippen molar-refractivity contribution in [3.8, 4) is 0 Å². The number of aromatic nitrogens is 1. The van der Waals surface area contributed by atoms with Gasteiger partial charge in [-0.3, -0.25) is 9.59 Å². The van der Waals surface area contributed by atoms with Gasteiger partial charge in [-0.25, -0.2) is 0 Å². The summed E-state index contributed by atoms with van der Waals surface area (Å²) >= 11 is 1.62. The van der Waals surface area contributed by atoms with Crippen molar-refractivity contribution in [1.82, 2.24) is 14.8 Å². The third-order valence-electron chi connectivity index (χ3n) is 6.62. The summed E-state index contributed by atoms with van der Waals surface area (Å²) in [5, 5.41) is 5.32. The molecule has 6 nitrogen and oxygen atoms in total. The molecule has 5 rings (SSSR count). The minimum absolute atomic E-state index is 0.0722. The third kappa shape index (κ3) is 3.25. The molecule has 1 N–H and O–H groups in total. The van der Waals surface area contributed by atoms with Crippen LogP contribution in [0.4, 0.5) is 0 Å². The molecule has 1 unspecified atom stereocenters. The molecular weight excluding hydrogens is 398 g/mol. The summed E-state index contributed by atoms with van der Waals surface area (Å²) in [4.78, 5) is 28.9. The summed E-state index contributed by atoms with van der Waals surface area (Å²) in [7, 11) is 0. The average Bonchev–Trinajstić information content (AvgIpc) is 3.42. The fourth-order valence-electron chi connectivity index (χ4n) is 4.84. The second kappa shape index (κ2) is 7.61. The Morgan fingerprint density at radius 2 is 2.07 bits per heavy atom. The van der Waals surface area contributed by atoms with Crippen molar-refractivity contribution in [2.75, 3.05) is 0 Å².